The van der Waals surface area contributed by atoms with Gasteiger partial charge in [-0.1, -0.05) is 42.5 Å². The van der Waals surface area contributed by atoms with Crippen molar-refractivity contribution in [3.05, 3.63) is 48.0 Å². The third kappa shape index (κ3) is 3.08. The van der Waals surface area contributed by atoms with E-state index in [1.54, 1.807) is 6.92 Å². The van der Waals surface area contributed by atoms with Gasteiger partial charge in [0.25, 0.3) is 0 Å². The van der Waals surface area contributed by atoms with Crippen LogP contribution in [-0.4, -0.2) is 23.7 Å². The highest BCUT2D eigenvalue weighted by molar-refractivity contribution is 5.90. The summed E-state index contributed by atoms with van der Waals surface area (Å²) in [5, 5.41) is 14.1. The van der Waals surface area contributed by atoms with Crippen LogP contribution in [0.4, 0.5) is 0 Å². The van der Waals surface area contributed by atoms with Crippen molar-refractivity contribution in [1.82, 2.24) is 5.32 Å². The summed E-state index contributed by atoms with van der Waals surface area (Å²) in [5.41, 5.74) is 1.01. The molecule has 0 fully saturated rings. The number of carbonyl (C=O) groups excluding carboxylic acids is 1. The van der Waals surface area contributed by atoms with Crippen LogP contribution in [0.25, 0.3) is 10.8 Å². The molecule has 0 aromatic heterocycles. The molecule has 0 aliphatic rings. The molecule has 0 aliphatic carbocycles. The Kier molecular flexibility index (Phi) is 3.95. The maximum absolute atomic E-state index is 11.7. The summed E-state index contributed by atoms with van der Waals surface area (Å²) < 4.78 is 0. The molecule has 3 nitrogen and oxygen atoms in total. The molecule has 1 amide bonds. The molecule has 2 aromatic carbocycles. The summed E-state index contributed by atoms with van der Waals surface area (Å²) in [4.78, 5) is 11.7. The van der Waals surface area contributed by atoms with Gasteiger partial charge in [-0.2, -0.15) is 0 Å². The molecule has 2 aromatic rings. The van der Waals surface area contributed by atoms with E-state index in [4.69, 9.17) is 5.11 Å². The first kappa shape index (κ1) is 12.6. The molecule has 0 radical (unpaired) electrons. The van der Waals surface area contributed by atoms with Crippen molar-refractivity contribution in [2.75, 3.05) is 6.54 Å². The predicted octanol–water partition coefficient (Wildman–Crippen LogP) is 1.88. The van der Waals surface area contributed by atoms with Crippen molar-refractivity contribution in [3.63, 3.8) is 0 Å². The molecule has 0 bridgehead atoms. The molecule has 94 valence electrons. The third-order valence-corrected chi connectivity index (χ3v) is 2.83. The normalized spacial score (nSPS) is 12.3. The number of aliphatic hydroxyl groups excluding tert-OH is 1. The molecule has 3 heteroatoms. The molecule has 18 heavy (non-hydrogen) atoms. The van der Waals surface area contributed by atoms with Crippen LogP contribution in [0.2, 0.25) is 0 Å². The van der Waals surface area contributed by atoms with Crippen molar-refractivity contribution in [1.29, 1.82) is 0 Å². The average Bonchev–Trinajstić information content (AvgIpc) is 2.37. The number of fused-ring (bicyclic) bond motifs is 1. The van der Waals surface area contributed by atoms with Gasteiger partial charge in [0.05, 0.1) is 12.5 Å². The summed E-state index contributed by atoms with van der Waals surface area (Å²) in [6, 6.07) is 14.0. The Bertz CT molecular complexity index is 544. The quantitative estimate of drug-likeness (QED) is 0.861. The van der Waals surface area contributed by atoms with E-state index >= 15 is 0 Å². The zero-order chi connectivity index (χ0) is 13.0. The smallest absolute Gasteiger partial charge is 0.224 e. The van der Waals surface area contributed by atoms with Crippen molar-refractivity contribution < 1.29 is 9.90 Å². The first-order valence-corrected chi connectivity index (χ1v) is 6.08. The van der Waals surface area contributed by atoms with Gasteiger partial charge < -0.3 is 10.4 Å². The molecule has 2 rings (SSSR count). The Labute approximate surface area is 106 Å². The number of hydrogen-bond donors (Lipinski definition) is 2. The lowest BCUT2D eigenvalue weighted by molar-refractivity contribution is -0.120. The van der Waals surface area contributed by atoms with Crippen LogP contribution in [0.1, 0.15) is 12.5 Å². The lowest BCUT2D eigenvalue weighted by Crippen LogP contribution is -2.31. The number of benzene rings is 2. The van der Waals surface area contributed by atoms with Gasteiger partial charge in [0, 0.05) is 6.54 Å². The largest absolute Gasteiger partial charge is 0.392 e. The average molecular weight is 243 g/mol. The minimum atomic E-state index is -0.513. The maximum atomic E-state index is 11.7. The number of amides is 1. The summed E-state index contributed by atoms with van der Waals surface area (Å²) >= 11 is 0. The highest BCUT2D eigenvalue weighted by Gasteiger charge is 2.07. The molecule has 2 N–H and O–H groups in total. The van der Waals surface area contributed by atoms with Gasteiger partial charge in [0.2, 0.25) is 5.91 Å². The molecule has 0 spiro atoms. The van der Waals surface area contributed by atoms with Crippen LogP contribution in [0.3, 0.4) is 0 Å². The molecule has 0 saturated carbocycles. The third-order valence-electron chi connectivity index (χ3n) is 2.83. The molecule has 1 unspecified atom stereocenters. The van der Waals surface area contributed by atoms with Gasteiger partial charge in [0.15, 0.2) is 0 Å². The van der Waals surface area contributed by atoms with E-state index in [2.05, 4.69) is 5.32 Å². The van der Waals surface area contributed by atoms with E-state index in [1.807, 2.05) is 42.5 Å². The SMILES string of the molecule is CC(O)CNC(=O)Cc1cccc2ccccc12. The van der Waals surface area contributed by atoms with E-state index in [0.717, 1.165) is 16.3 Å². The van der Waals surface area contributed by atoms with Gasteiger partial charge in [-0.3, -0.25) is 4.79 Å². The van der Waals surface area contributed by atoms with Crippen LogP contribution in [0.5, 0.6) is 0 Å². The summed E-state index contributed by atoms with van der Waals surface area (Å²) in [6.45, 7) is 1.95. The van der Waals surface area contributed by atoms with Crippen molar-refractivity contribution in [3.8, 4) is 0 Å². The van der Waals surface area contributed by atoms with Gasteiger partial charge >= 0.3 is 0 Å². The molecule has 0 aliphatic heterocycles. The molecular weight excluding hydrogens is 226 g/mol. The minimum absolute atomic E-state index is 0.0627. The maximum Gasteiger partial charge on any atom is 0.224 e. The number of aliphatic hydroxyl groups is 1. The van der Waals surface area contributed by atoms with Crippen molar-refractivity contribution in [2.45, 2.75) is 19.4 Å². The van der Waals surface area contributed by atoms with E-state index in [9.17, 15) is 4.79 Å². The lowest BCUT2D eigenvalue weighted by Gasteiger charge is -2.09. The first-order chi connectivity index (χ1) is 8.66. The monoisotopic (exact) mass is 243 g/mol. The molecule has 0 saturated heterocycles. The standard InChI is InChI=1S/C15H17NO2/c1-11(17)10-16-15(18)9-13-7-4-6-12-5-2-3-8-14(12)13/h2-8,11,17H,9-10H2,1H3,(H,16,18). The second kappa shape index (κ2) is 5.65. The fourth-order valence-electron chi connectivity index (χ4n) is 1.94. The van der Waals surface area contributed by atoms with Crippen LogP contribution in [0.15, 0.2) is 42.5 Å². The van der Waals surface area contributed by atoms with Crippen LogP contribution in [-0.2, 0) is 11.2 Å². The summed E-state index contributed by atoms with van der Waals surface area (Å²) in [6.07, 6.45) is -0.171. The van der Waals surface area contributed by atoms with Crippen LogP contribution < -0.4 is 5.32 Å². The van der Waals surface area contributed by atoms with Crippen LogP contribution >= 0.6 is 0 Å². The van der Waals surface area contributed by atoms with E-state index in [-0.39, 0.29) is 5.91 Å². The first-order valence-electron chi connectivity index (χ1n) is 6.08. The second-order valence-electron chi connectivity index (χ2n) is 4.47. The fraction of sp³-hybridized carbons (Fsp3) is 0.267. The van der Waals surface area contributed by atoms with Gasteiger partial charge in [-0.05, 0) is 23.3 Å². The molecular formula is C15H17NO2. The minimum Gasteiger partial charge on any atom is -0.392 e. The molecule has 1 atom stereocenters. The van der Waals surface area contributed by atoms with Crippen LogP contribution in [0, 0.1) is 0 Å². The predicted molar refractivity (Wildman–Crippen MR) is 72.3 cm³/mol. The Balaban J connectivity index is 2.14. The Morgan fingerprint density at radius 1 is 1.22 bits per heavy atom. The topological polar surface area (TPSA) is 49.3 Å². The lowest BCUT2D eigenvalue weighted by atomic mass is 10.0. The number of nitrogens with one attached hydrogen (secondary N) is 1. The molecule has 0 heterocycles. The second-order valence-corrected chi connectivity index (χ2v) is 4.47. The highest BCUT2D eigenvalue weighted by Crippen LogP contribution is 2.18. The number of hydrogen-bond acceptors (Lipinski definition) is 2. The van der Waals surface area contributed by atoms with E-state index < -0.39 is 6.10 Å². The van der Waals surface area contributed by atoms with Gasteiger partial charge in [-0.15, -0.1) is 0 Å². The van der Waals surface area contributed by atoms with E-state index in [1.165, 1.54) is 0 Å². The fourth-order valence-corrected chi connectivity index (χ4v) is 1.94. The van der Waals surface area contributed by atoms with E-state index in [0.29, 0.717) is 13.0 Å². The summed E-state index contributed by atoms with van der Waals surface area (Å²) in [7, 11) is 0. The zero-order valence-electron chi connectivity index (χ0n) is 10.4. The number of rotatable bonds is 4. The van der Waals surface area contributed by atoms with Gasteiger partial charge in [-0.25, -0.2) is 0 Å². The summed E-state index contributed by atoms with van der Waals surface area (Å²) in [5.74, 6) is -0.0627. The van der Waals surface area contributed by atoms with Gasteiger partial charge in [0.1, 0.15) is 0 Å². The van der Waals surface area contributed by atoms with Crippen molar-refractivity contribution >= 4 is 16.7 Å². The van der Waals surface area contributed by atoms with Crippen molar-refractivity contribution in [2.24, 2.45) is 0 Å². The highest BCUT2D eigenvalue weighted by atomic mass is 16.3. The Morgan fingerprint density at radius 2 is 1.94 bits per heavy atom. The Hall–Kier alpha value is -1.87. The Morgan fingerprint density at radius 3 is 2.72 bits per heavy atom. The zero-order valence-corrected chi connectivity index (χ0v) is 10.4. The number of carbonyl (C=O) groups is 1.